The molecule has 3 aromatic rings. The number of rotatable bonds is 5. The lowest BCUT2D eigenvalue weighted by Gasteiger charge is -2.12. The normalized spacial score (nSPS) is 11.0. The molecule has 136 valence electrons. The first-order valence-corrected chi connectivity index (χ1v) is 8.47. The Morgan fingerprint density at radius 1 is 1.27 bits per heavy atom. The van der Waals surface area contributed by atoms with Crippen molar-refractivity contribution in [2.45, 2.75) is 27.2 Å². The maximum Gasteiger partial charge on any atom is 0.357 e. The van der Waals surface area contributed by atoms with Gasteiger partial charge in [-0.25, -0.2) is 14.2 Å². The van der Waals surface area contributed by atoms with E-state index in [2.05, 4.69) is 9.97 Å². The molecule has 1 N–H and O–H groups in total. The number of halogens is 1. The van der Waals surface area contributed by atoms with Gasteiger partial charge >= 0.3 is 5.97 Å². The number of carbonyl (C=O) groups excluding carboxylic acids is 1. The molecule has 5 nitrogen and oxygen atoms in total. The van der Waals surface area contributed by atoms with Crippen LogP contribution in [-0.4, -0.2) is 29.7 Å². The van der Waals surface area contributed by atoms with Crippen molar-refractivity contribution in [1.82, 2.24) is 9.97 Å². The van der Waals surface area contributed by atoms with Crippen LogP contribution >= 0.6 is 0 Å². The molecule has 3 rings (SSSR count). The van der Waals surface area contributed by atoms with Crippen molar-refractivity contribution >= 4 is 16.9 Å². The Balaban J connectivity index is 2.21. The molecule has 0 fully saturated rings. The molecular weight excluding hydrogens is 335 g/mol. The molecule has 0 spiro atoms. The summed E-state index contributed by atoms with van der Waals surface area (Å²) >= 11 is 0. The van der Waals surface area contributed by atoms with Gasteiger partial charge in [-0.1, -0.05) is 13.0 Å². The highest BCUT2D eigenvalue weighted by Crippen LogP contribution is 2.33. The van der Waals surface area contributed by atoms with Crippen LogP contribution in [-0.2, 0) is 4.74 Å². The van der Waals surface area contributed by atoms with E-state index in [4.69, 9.17) is 9.47 Å². The van der Waals surface area contributed by atoms with Gasteiger partial charge in [-0.15, -0.1) is 0 Å². The lowest BCUT2D eigenvalue weighted by Crippen LogP contribution is -2.10. The van der Waals surface area contributed by atoms with Crippen LogP contribution in [0.15, 0.2) is 24.4 Å². The molecule has 0 saturated heterocycles. The van der Waals surface area contributed by atoms with Gasteiger partial charge in [0.25, 0.3) is 0 Å². The first-order valence-electron chi connectivity index (χ1n) is 8.47. The van der Waals surface area contributed by atoms with Gasteiger partial charge < -0.3 is 14.5 Å². The molecule has 0 aliphatic heterocycles. The van der Waals surface area contributed by atoms with Crippen LogP contribution < -0.4 is 4.74 Å². The Bertz CT molecular complexity index is 979. The van der Waals surface area contributed by atoms with Crippen LogP contribution in [0.5, 0.6) is 5.75 Å². The fourth-order valence-electron chi connectivity index (χ4n) is 2.97. The van der Waals surface area contributed by atoms with Gasteiger partial charge in [0.2, 0.25) is 0 Å². The topological polar surface area (TPSA) is 64.2 Å². The Hall–Kier alpha value is -2.89. The summed E-state index contributed by atoms with van der Waals surface area (Å²) in [5.41, 5.74) is 3.07. The number of hydrogen-bond acceptors (Lipinski definition) is 4. The van der Waals surface area contributed by atoms with Crippen molar-refractivity contribution in [3.05, 3.63) is 47.0 Å². The molecule has 2 heterocycles. The quantitative estimate of drug-likeness (QED) is 0.681. The number of benzene rings is 1. The minimum atomic E-state index is -0.513. The number of methoxy groups -OCH3 is 1. The highest BCUT2D eigenvalue weighted by Gasteiger charge is 2.21. The number of aromatic nitrogens is 2. The largest absolute Gasteiger partial charge is 0.493 e. The number of aromatic amines is 1. The van der Waals surface area contributed by atoms with Crippen LogP contribution in [0.1, 0.15) is 35.0 Å². The summed E-state index contributed by atoms with van der Waals surface area (Å²) in [4.78, 5) is 20.0. The van der Waals surface area contributed by atoms with Crippen molar-refractivity contribution in [3.63, 3.8) is 0 Å². The standard InChI is InChI=1S/C20H21FN2O3/c1-5-8-26-20(24)18-16-12(3)10-22-15(16)9-14(23-18)13-7-6-11(2)19(25-4)17(13)21/h6-7,9-10,22H,5,8H2,1-4H3. The summed E-state index contributed by atoms with van der Waals surface area (Å²) in [7, 11) is 1.42. The maximum absolute atomic E-state index is 14.9. The number of aryl methyl sites for hydroxylation is 2. The smallest absolute Gasteiger partial charge is 0.357 e. The molecule has 1 aromatic carbocycles. The van der Waals surface area contributed by atoms with E-state index in [1.807, 2.05) is 13.8 Å². The number of esters is 1. The second-order valence-electron chi connectivity index (χ2n) is 6.16. The Morgan fingerprint density at radius 3 is 2.73 bits per heavy atom. The molecule has 0 radical (unpaired) electrons. The molecule has 0 unspecified atom stereocenters. The summed E-state index contributed by atoms with van der Waals surface area (Å²) in [6, 6.07) is 5.13. The third-order valence-electron chi connectivity index (χ3n) is 4.26. The van der Waals surface area contributed by atoms with Crippen LogP contribution in [0.25, 0.3) is 22.2 Å². The van der Waals surface area contributed by atoms with Gasteiger partial charge in [0.05, 0.1) is 24.9 Å². The van der Waals surface area contributed by atoms with Crippen molar-refractivity contribution in [1.29, 1.82) is 0 Å². The summed E-state index contributed by atoms with van der Waals surface area (Å²) in [6.07, 6.45) is 2.50. The minimum Gasteiger partial charge on any atom is -0.493 e. The summed E-state index contributed by atoms with van der Waals surface area (Å²) in [5.74, 6) is -0.849. The lowest BCUT2D eigenvalue weighted by molar-refractivity contribution is 0.0501. The number of H-pyrrole nitrogens is 1. The number of fused-ring (bicyclic) bond motifs is 1. The molecule has 2 aromatic heterocycles. The second kappa shape index (κ2) is 7.15. The predicted molar refractivity (Wildman–Crippen MR) is 98.1 cm³/mol. The van der Waals surface area contributed by atoms with Gasteiger partial charge in [-0.05, 0) is 43.5 Å². The van der Waals surface area contributed by atoms with Crippen LogP contribution in [0.4, 0.5) is 4.39 Å². The maximum atomic E-state index is 14.9. The average molecular weight is 356 g/mol. The van der Waals surface area contributed by atoms with Crippen molar-refractivity contribution < 1.29 is 18.7 Å². The number of ether oxygens (including phenoxy) is 2. The van der Waals surface area contributed by atoms with Crippen molar-refractivity contribution in [2.24, 2.45) is 0 Å². The average Bonchev–Trinajstić information content (AvgIpc) is 3.00. The van der Waals surface area contributed by atoms with Crippen LogP contribution in [0.3, 0.4) is 0 Å². The van der Waals surface area contributed by atoms with Gasteiger partial charge in [-0.3, -0.25) is 0 Å². The van der Waals surface area contributed by atoms with E-state index < -0.39 is 11.8 Å². The fraction of sp³-hybridized carbons (Fsp3) is 0.300. The number of nitrogens with one attached hydrogen (secondary N) is 1. The first kappa shape index (κ1) is 17.9. The SMILES string of the molecule is CCCOC(=O)c1nc(-c2ccc(C)c(OC)c2F)cc2[nH]cc(C)c12. The second-order valence-corrected chi connectivity index (χ2v) is 6.16. The molecular formula is C20H21FN2O3. The van der Waals surface area contributed by atoms with E-state index in [1.54, 1.807) is 31.3 Å². The summed E-state index contributed by atoms with van der Waals surface area (Å²) in [5, 5.41) is 0.689. The van der Waals surface area contributed by atoms with Gasteiger partial charge in [0.15, 0.2) is 17.3 Å². The highest BCUT2D eigenvalue weighted by atomic mass is 19.1. The van der Waals surface area contributed by atoms with E-state index >= 15 is 0 Å². The Morgan fingerprint density at radius 2 is 2.04 bits per heavy atom. The third-order valence-corrected chi connectivity index (χ3v) is 4.26. The number of hydrogen-bond donors (Lipinski definition) is 1. The number of carbonyl (C=O) groups is 1. The van der Waals surface area contributed by atoms with E-state index in [1.165, 1.54) is 7.11 Å². The summed E-state index contributed by atoms with van der Waals surface area (Å²) in [6.45, 7) is 5.88. The molecule has 0 saturated carbocycles. The number of nitrogens with zero attached hydrogens (tertiary/aromatic N) is 1. The van der Waals surface area contributed by atoms with Gasteiger partial charge in [-0.2, -0.15) is 0 Å². The predicted octanol–water partition coefficient (Wildman–Crippen LogP) is 4.56. The molecule has 0 atom stereocenters. The monoisotopic (exact) mass is 356 g/mol. The molecule has 26 heavy (non-hydrogen) atoms. The third kappa shape index (κ3) is 3.03. The van der Waals surface area contributed by atoms with E-state index in [0.717, 1.165) is 5.56 Å². The highest BCUT2D eigenvalue weighted by molar-refractivity contribution is 6.04. The Kier molecular flexibility index (Phi) is 4.93. The zero-order valence-corrected chi connectivity index (χ0v) is 15.3. The van der Waals surface area contributed by atoms with Crippen molar-refractivity contribution in [3.8, 4) is 17.0 Å². The molecule has 0 aliphatic carbocycles. The molecule has 0 amide bonds. The van der Waals surface area contributed by atoms with Crippen molar-refractivity contribution in [2.75, 3.05) is 13.7 Å². The van der Waals surface area contributed by atoms with Gasteiger partial charge in [0.1, 0.15) is 0 Å². The Labute approximate surface area is 151 Å². The molecule has 0 aliphatic rings. The zero-order valence-electron chi connectivity index (χ0n) is 15.3. The van der Waals surface area contributed by atoms with E-state index in [-0.39, 0.29) is 17.0 Å². The summed E-state index contributed by atoms with van der Waals surface area (Å²) < 4.78 is 25.3. The minimum absolute atomic E-state index is 0.169. The molecule has 0 bridgehead atoms. The van der Waals surface area contributed by atoms with Crippen LogP contribution in [0.2, 0.25) is 0 Å². The van der Waals surface area contributed by atoms with E-state index in [9.17, 15) is 9.18 Å². The lowest BCUT2D eigenvalue weighted by atomic mass is 10.0. The van der Waals surface area contributed by atoms with Crippen LogP contribution in [0, 0.1) is 19.7 Å². The van der Waals surface area contributed by atoms with E-state index in [0.29, 0.717) is 35.2 Å². The number of pyridine rings is 1. The zero-order chi connectivity index (χ0) is 18.8. The molecule has 6 heteroatoms. The fourth-order valence-corrected chi connectivity index (χ4v) is 2.97. The van der Waals surface area contributed by atoms with Gasteiger partial charge in [0, 0.05) is 17.1 Å². The first-order chi connectivity index (χ1) is 12.5.